The van der Waals surface area contributed by atoms with Gasteiger partial charge >= 0.3 is 6.09 Å². The third-order valence-electron chi connectivity index (χ3n) is 4.82. The van der Waals surface area contributed by atoms with Crippen LogP contribution in [0.4, 0.5) is 4.79 Å². The number of hydrogen-bond donors (Lipinski definition) is 1. The zero-order valence-corrected chi connectivity index (χ0v) is 15.7. The average molecular weight is 366 g/mol. The topological polar surface area (TPSA) is 99.8 Å². The maximum Gasteiger partial charge on any atom is 0.410 e. The van der Waals surface area contributed by atoms with Crippen LogP contribution in [0.2, 0.25) is 0 Å². The highest BCUT2D eigenvalue weighted by molar-refractivity contribution is 6.01. The van der Waals surface area contributed by atoms with Crippen LogP contribution < -0.4 is 0 Å². The molecule has 140 valence electrons. The third kappa shape index (κ3) is 3.10. The minimum Gasteiger partial charge on any atom is -0.444 e. The zero-order chi connectivity index (χ0) is 19.2. The molecule has 1 saturated heterocycles. The number of rotatable bonds is 1. The highest BCUT2D eigenvalue weighted by atomic mass is 16.6. The van der Waals surface area contributed by atoms with Crippen LogP contribution in [0, 0.1) is 11.3 Å². The fraction of sp³-hybridized carbons (Fsp3) is 0.474. The molecule has 27 heavy (non-hydrogen) atoms. The van der Waals surface area contributed by atoms with Gasteiger partial charge in [-0.2, -0.15) is 5.26 Å². The lowest BCUT2D eigenvalue weighted by Crippen LogP contribution is -2.42. The zero-order valence-electron chi connectivity index (χ0n) is 15.7. The van der Waals surface area contributed by atoms with Crippen molar-refractivity contribution in [2.24, 2.45) is 0 Å². The number of pyridine rings is 1. The van der Waals surface area contributed by atoms with E-state index in [2.05, 4.69) is 21.0 Å². The fourth-order valence-corrected chi connectivity index (χ4v) is 3.66. The minimum absolute atomic E-state index is 0.101. The normalized spacial score (nSPS) is 16.0. The van der Waals surface area contributed by atoms with Gasteiger partial charge in [0.05, 0.1) is 11.7 Å². The van der Waals surface area contributed by atoms with Gasteiger partial charge in [-0.25, -0.2) is 14.8 Å². The summed E-state index contributed by atoms with van der Waals surface area (Å²) in [4.78, 5) is 26.0. The van der Waals surface area contributed by atoms with Gasteiger partial charge in [-0.1, -0.05) is 0 Å². The summed E-state index contributed by atoms with van der Waals surface area (Å²) in [6.07, 6.45) is 4.74. The molecule has 1 amide bonds. The van der Waals surface area contributed by atoms with E-state index < -0.39 is 5.60 Å². The standard InChI is InChI=1S/C19H22N6O2/c1-19(2,3)27-18(26)24-8-5-12(6-9-24)25-15(10-20)23-14-11-22-17-13(16(14)25)4-7-21-17/h4,7,11-12H,5-6,8-9H2,1-3H3,(H,21,22). The average Bonchev–Trinajstić information content (AvgIpc) is 3.23. The number of ether oxygens (including phenoxy) is 1. The first-order chi connectivity index (χ1) is 12.9. The Kier molecular flexibility index (Phi) is 4.02. The van der Waals surface area contributed by atoms with Crippen molar-refractivity contribution in [2.45, 2.75) is 45.3 Å². The Morgan fingerprint density at radius 3 is 2.78 bits per heavy atom. The Morgan fingerprint density at radius 1 is 1.37 bits per heavy atom. The Morgan fingerprint density at radius 2 is 2.11 bits per heavy atom. The highest BCUT2D eigenvalue weighted by Crippen LogP contribution is 2.32. The molecule has 0 spiro atoms. The van der Waals surface area contributed by atoms with Gasteiger partial charge in [-0.3, -0.25) is 0 Å². The molecule has 0 atom stereocenters. The summed E-state index contributed by atoms with van der Waals surface area (Å²) in [6, 6.07) is 4.27. The molecule has 8 heteroatoms. The largest absolute Gasteiger partial charge is 0.444 e. The van der Waals surface area contributed by atoms with Crippen LogP contribution in [0.15, 0.2) is 18.5 Å². The number of hydrogen-bond acceptors (Lipinski definition) is 5. The quantitative estimate of drug-likeness (QED) is 0.712. The molecule has 0 bridgehead atoms. The Hall–Kier alpha value is -3.08. The number of imidazole rings is 1. The van der Waals surface area contributed by atoms with Crippen LogP contribution in [0.25, 0.3) is 22.1 Å². The number of H-pyrrole nitrogens is 1. The molecule has 1 aliphatic heterocycles. The number of piperidine rings is 1. The van der Waals surface area contributed by atoms with Gasteiger partial charge in [0.15, 0.2) is 0 Å². The summed E-state index contributed by atoms with van der Waals surface area (Å²) < 4.78 is 7.48. The van der Waals surface area contributed by atoms with Crippen LogP contribution in [-0.4, -0.2) is 49.2 Å². The van der Waals surface area contributed by atoms with Crippen LogP contribution in [-0.2, 0) is 4.74 Å². The van der Waals surface area contributed by atoms with E-state index in [1.54, 1.807) is 11.1 Å². The summed E-state index contributed by atoms with van der Waals surface area (Å²) >= 11 is 0. The SMILES string of the molecule is CC(C)(C)OC(=O)N1CCC(n2c(C#N)nc3cnc4[nH]ccc4c32)CC1. The molecule has 4 rings (SSSR count). The maximum atomic E-state index is 12.3. The van der Waals surface area contributed by atoms with Gasteiger partial charge in [0, 0.05) is 30.7 Å². The number of amides is 1. The second-order valence-corrected chi connectivity index (χ2v) is 7.85. The monoisotopic (exact) mass is 366 g/mol. The van der Waals surface area contributed by atoms with E-state index >= 15 is 0 Å². The summed E-state index contributed by atoms with van der Waals surface area (Å²) in [7, 11) is 0. The first kappa shape index (κ1) is 17.3. The fourth-order valence-electron chi connectivity index (χ4n) is 3.66. The smallest absolute Gasteiger partial charge is 0.410 e. The maximum absolute atomic E-state index is 12.3. The predicted octanol–water partition coefficient (Wildman–Crippen LogP) is 3.36. The third-order valence-corrected chi connectivity index (χ3v) is 4.82. The van der Waals surface area contributed by atoms with Crippen molar-refractivity contribution in [1.82, 2.24) is 24.4 Å². The Bertz CT molecular complexity index is 1040. The summed E-state index contributed by atoms with van der Waals surface area (Å²) in [5, 5.41) is 10.5. The number of likely N-dealkylation sites (tertiary alicyclic amines) is 1. The van der Waals surface area contributed by atoms with E-state index in [-0.39, 0.29) is 12.1 Å². The van der Waals surface area contributed by atoms with Gasteiger partial charge in [0.25, 0.3) is 0 Å². The Labute approximate surface area is 156 Å². The van der Waals surface area contributed by atoms with Gasteiger partial charge in [0.1, 0.15) is 22.8 Å². The lowest BCUT2D eigenvalue weighted by atomic mass is 10.0. The first-order valence-electron chi connectivity index (χ1n) is 9.09. The number of carbonyl (C=O) groups excluding carboxylic acids is 1. The van der Waals surface area contributed by atoms with Crippen molar-refractivity contribution in [3.05, 3.63) is 24.3 Å². The van der Waals surface area contributed by atoms with Crippen LogP contribution in [0.3, 0.4) is 0 Å². The molecule has 1 N–H and O–H groups in total. The van der Waals surface area contributed by atoms with Crippen molar-refractivity contribution in [3.63, 3.8) is 0 Å². The number of fused-ring (bicyclic) bond motifs is 3. The molecule has 0 radical (unpaired) electrons. The van der Waals surface area contributed by atoms with Crippen molar-refractivity contribution < 1.29 is 9.53 Å². The molecule has 0 aromatic carbocycles. The van der Waals surface area contributed by atoms with E-state index in [4.69, 9.17) is 4.74 Å². The van der Waals surface area contributed by atoms with Crippen LogP contribution in [0.1, 0.15) is 45.5 Å². The number of nitriles is 1. The minimum atomic E-state index is -0.505. The van der Waals surface area contributed by atoms with Crippen molar-refractivity contribution in [2.75, 3.05) is 13.1 Å². The summed E-state index contributed by atoms with van der Waals surface area (Å²) in [5.41, 5.74) is 1.91. The number of nitrogens with zero attached hydrogens (tertiary/aromatic N) is 5. The number of nitrogens with one attached hydrogen (secondary N) is 1. The second-order valence-electron chi connectivity index (χ2n) is 7.85. The van der Waals surface area contributed by atoms with Gasteiger partial charge in [-0.05, 0) is 39.7 Å². The molecule has 8 nitrogen and oxygen atoms in total. The lowest BCUT2D eigenvalue weighted by Gasteiger charge is -2.34. The number of aromatic nitrogens is 4. The molecule has 0 saturated carbocycles. The summed E-state index contributed by atoms with van der Waals surface area (Å²) in [5.74, 6) is 0.385. The number of aromatic amines is 1. The van der Waals surface area contributed by atoms with Gasteiger partial charge in [0.2, 0.25) is 5.82 Å². The van der Waals surface area contributed by atoms with Gasteiger partial charge < -0.3 is 19.2 Å². The molecule has 3 aromatic rings. The number of carbonyl (C=O) groups is 1. The molecule has 3 aromatic heterocycles. The van der Waals surface area contributed by atoms with Crippen LogP contribution in [0.5, 0.6) is 0 Å². The molecule has 1 aliphatic rings. The highest BCUT2D eigenvalue weighted by Gasteiger charge is 2.30. The van der Waals surface area contributed by atoms with Gasteiger partial charge in [-0.15, -0.1) is 0 Å². The predicted molar refractivity (Wildman–Crippen MR) is 100 cm³/mol. The molecule has 4 heterocycles. The van der Waals surface area contributed by atoms with Crippen LogP contribution >= 0.6 is 0 Å². The van der Waals surface area contributed by atoms with E-state index in [0.29, 0.717) is 24.4 Å². The molecule has 0 aliphatic carbocycles. The second kappa shape index (κ2) is 6.27. The van der Waals surface area contributed by atoms with E-state index in [0.717, 1.165) is 29.4 Å². The molecule has 1 fully saturated rings. The Balaban J connectivity index is 1.63. The van der Waals surface area contributed by atoms with E-state index in [9.17, 15) is 10.1 Å². The first-order valence-corrected chi connectivity index (χ1v) is 9.09. The molecular weight excluding hydrogens is 344 g/mol. The molecular formula is C19H22N6O2. The summed E-state index contributed by atoms with van der Waals surface area (Å²) in [6.45, 7) is 6.77. The van der Waals surface area contributed by atoms with E-state index in [1.165, 1.54) is 0 Å². The van der Waals surface area contributed by atoms with Crippen molar-refractivity contribution in [1.29, 1.82) is 5.26 Å². The molecule has 0 unspecified atom stereocenters. The lowest BCUT2D eigenvalue weighted by molar-refractivity contribution is 0.0189. The van der Waals surface area contributed by atoms with Crippen molar-refractivity contribution >= 4 is 28.2 Å². The van der Waals surface area contributed by atoms with Crippen molar-refractivity contribution in [3.8, 4) is 6.07 Å². The van der Waals surface area contributed by atoms with E-state index in [1.807, 2.05) is 37.6 Å².